The number of benzene rings is 1. The van der Waals surface area contributed by atoms with Gasteiger partial charge in [-0.25, -0.2) is 0 Å². The average Bonchev–Trinajstić information content (AvgIpc) is 2.28. The summed E-state index contributed by atoms with van der Waals surface area (Å²) in [5.74, 6) is 0.633. The molecule has 2 nitrogen and oxygen atoms in total. The van der Waals surface area contributed by atoms with E-state index in [4.69, 9.17) is 16.3 Å². The SMILES string of the molecule is CCOCCNC1CC(c2ccccc2Cl)C1. The normalized spacial score (nSPS) is 23.4. The minimum atomic E-state index is 0.633. The van der Waals surface area contributed by atoms with Crippen LogP contribution in [0.2, 0.25) is 5.02 Å². The molecule has 0 aromatic heterocycles. The summed E-state index contributed by atoms with van der Waals surface area (Å²) in [6.45, 7) is 4.59. The number of nitrogens with one attached hydrogen (secondary N) is 1. The highest BCUT2D eigenvalue weighted by Crippen LogP contribution is 2.39. The van der Waals surface area contributed by atoms with E-state index in [1.807, 2.05) is 19.1 Å². The summed E-state index contributed by atoms with van der Waals surface area (Å²) < 4.78 is 5.30. The Balaban J connectivity index is 1.70. The topological polar surface area (TPSA) is 21.3 Å². The Morgan fingerprint density at radius 3 is 2.82 bits per heavy atom. The maximum atomic E-state index is 6.18. The third kappa shape index (κ3) is 3.44. The minimum absolute atomic E-state index is 0.633. The maximum Gasteiger partial charge on any atom is 0.0590 e. The molecule has 0 unspecified atom stereocenters. The third-order valence-electron chi connectivity index (χ3n) is 3.37. The first-order valence-corrected chi connectivity index (χ1v) is 6.74. The molecule has 1 aliphatic carbocycles. The fourth-order valence-corrected chi connectivity index (χ4v) is 2.61. The predicted molar refractivity (Wildman–Crippen MR) is 71.7 cm³/mol. The summed E-state index contributed by atoms with van der Waals surface area (Å²) in [5, 5.41) is 4.41. The Morgan fingerprint density at radius 1 is 1.35 bits per heavy atom. The van der Waals surface area contributed by atoms with Gasteiger partial charge in [0, 0.05) is 24.2 Å². The standard InChI is InChI=1S/C14H20ClNO/c1-2-17-8-7-16-12-9-11(10-12)13-5-3-4-6-14(13)15/h3-6,11-12,16H,2,7-10H2,1H3. The van der Waals surface area contributed by atoms with E-state index < -0.39 is 0 Å². The van der Waals surface area contributed by atoms with Gasteiger partial charge in [-0.05, 0) is 37.3 Å². The summed E-state index contributed by atoms with van der Waals surface area (Å²) in [6, 6.07) is 8.81. The second-order valence-corrected chi connectivity index (χ2v) is 4.95. The molecule has 0 aliphatic heterocycles. The molecule has 1 aliphatic rings. The molecular formula is C14H20ClNO. The smallest absolute Gasteiger partial charge is 0.0590 e. The number of rotatable bonds is 6. The van der Waals surface area contributed by atoms with E-state index in [1.54, 1.807) is 0 Å². The summed E-state index contributed by atoms with van der Waals surface area (Å²) in [7, 11) is 0. The van der Waals surface area contributed by atoms with Crippen molar-refractivity contribution in [1.82, 2.24) is 5.32 Å². The molecule has 1 aromatic rings. The molecule has 1 aromatic carbocycles. The van der Waals surface area contributed by atoms with Gasteiger partial charge in [0.2, 0.25) is 0 Å². The van der Waals surface area contributed by atoms with Crippen molar-refractivity contribution >= 4 is 11.6 Å². The summed E-state index contributed by atoms with van der Waals surface area (Å²) in [6.07, 6.45) is 2.38. The highest BCUT2D eigenvalue weighted by atomic mass is 35.5. The van der Waals surface area contributed by atoms with E-state index in [1.165, 1.54) is 18.4 Å². The second kappa shape index (κ2) is 6.39. The number of ether oxygens (including phenoxy) is 1. The van der Waals surface area contributed by atoms with Crippen LogP contribution in [0, 0.1) is 0 Å². The van der Waals surface area contributed by atoms with Crippen LogP contribution in [0.3, 0.4) is 0 Å². The zero-order valence-electron chi connectivity index (χ0n) is 10.3. The van der Waals surface area contributed by atoms with E-state index >= 15 is 0 Å². The van der Waals surface area contributed by atoms with Crippen molar-refractivity contribution in [2.45, 2.75) is 31.7 Å². The molecule has 0 bridgehead atoms. The second-order valence-electron chi connectivity index (χ2n) is 4.54. The van der Waals surface area contributed by atoms with Crippen LogP contribution in [0.25, 0.3) is 0 Å². The van der Waals surface area contributed by atoms with Gasteiger partial charge in [-0.1, -0.05) is 29.8 Å². The number of hydrogen-bond acceptors (Lipinski definition) is 2. The summed E-state index contributed by atoms with van der Waals surface area (Å²) >= 11 is 6.18. The quantitative estimate of drug-likeness (QED) is 0.786. The molecule has 0 atom stereocenters. The highest BCUT2D eigenvalue weighted by molar-refractivity contribution is 6.31. The molecule has 17 heavy (non-hydrogen) atoms. The molecule has 0 saturated heterocycles. The fraction of sp³-hybridized carbons (Fsp3) is 0.571. The zero-order valence-corrected chi connectivity index (χ0v) is 11.0. The van der Waals surface area contributed by atoms with Crippen molar-refractivity contribution in [3.05, 3.63) is 34.9 Å². The van der Waals surface area contributed by atoms with Gasteiger partial charge in [-0.15, -0.1) is 0 Å². The molecule has 1 fully saturated rings. The molecule has 3 heteroatoms. The van der Waals surface area contributed by atoms with E-state index in [-0.39, 0.29) is 0 Å². The van der Waals surface area contributed by atoms with Crippen LogP contribution in [0.15, 0.2) is 24.3 Å². The van der Waals surface area contributed by atoms with Crippen LogP contribution < -0.4 is 5.32 Å². The van der Waals surface area contributed by atoms with E-state index in [9.17, 15) is 0 Å². The van der Waals surface area contributed by atoms with E-state index in [2.05, 4.69) is 17.4 Å². The monoisotopic (exact) mass is 253 g/mol. The van der Waals surface area contributed by atoms with Crippen LogP contribution >= 0.6 is 11.6 Å². The van der Waals surface area contributed by atoms with Crippen LogP contribution in [0.4, 0.5) is 0 Å². The Bertz CT molecular complexity index is 350. The zero-order chi connectivity index (χ0) is 12.1. The van der Waals surface area contributed by atoms with Gasteiger partial charge in [0.25, 0.3) is 0 Å². The lowest BCUT2D eigenvalue weighted by atomic mass is 9.76. The van der Waals surface area contributed by atoms with Crippen LogP contribution in [0.5, 0.6) is 0 Å². The molecule has 1 N–H and O–H groups in total. The average molecular weight is 254 g/mol. The lowest BCUT2D eigenvalue weighted by molar-refractivity contribution is 0.141. The van der Waals surface area contributed by atoms with Crippen molar-refractivity contribution in [3.63, 3.8) is 0 Å². The first kappa shape index (κ1) is 12.9. The molecule has 1 saturated carbocycles. The van der Waals surface area contributed by atoms with Gasteiger partial charge in [-0.2, -0.15) is 0 Å². The van der Waals surface area contributed by atoms with Gasteiger partial charge >= 0.3 is 0 Å². The first-order valence-electron chi connectivity index (χ1n) is 6.36. The Morgan fingerprint density at radius 2 is 2.12 bits per heavy atom. The number of halogens is 1. The van der Waals surface area contributed by atoms with Gasteiger partial charge < -0.3 is 10.1 Å². The van der Waals surface area contributed by atoms with Crippen molar-refractivity contribution in [3.8, 4) is 0 Å². The van der Waals surface area contributed by atoms with Crippen LogP contribution in [0.1, 0.15) is 31.2 Å². The molecule has 0 heterocycles. The molecular weight excluding hydrogens is 234 g/mol. The Hall–Kier alpha value is -0.570. The Labute approximate surface area is 108 Å². The van der Waals surface area contributed by atoms with Crippen molar-refractivity contribution < 1.29 is 4.74 Å². The van der Waals surface area contributed by atoms with E-state index in [0.717, 1.165) is 24.8 Å². The summed E-state index contributed by atoms with van der Waals surface area (Å²) in [4.78, 5) is 0. The Kier molecular flexibility index (Phi) is 4.84. The molecule has 94 valence electrons. The van der Waals surface area contributed by atoms with Gasteiger partial charge in [0.05, 0.1) is 6.61 Å². The molecule has 0 spiro atoms. The lowest BCUT2D eigenvalue weighted by Crippen LogP contribution is -2.41. The van der Waals surface area contributed by atoms with Gasteiger partial charge in [-0.3, -0.25) is 0 Å². The lowest BCUT2D eigenvalue weighted by Gasteiger charge is -2.36. The summed E-state index contributed by atoms with van der Waals surface area (Å²) in [5.41, 5.74) is 1.30. The molecule has 0 amide bonds. The van der Waals surface area contributed by atoms with Crippen molar-refractivity contribution in [1.29, 1.82) is 0 Å². The minimum Gasteiger partial charge on any atom is -0.380 e. The third-order valence-corrected chi connectivity index (χ3v) is 3.71. The maximum absolute atomic E-state index is 6.18. The van der Waals surface area contributed by atoms with Gasteiger partial charge in [0.15, 0.2) is 0 Å². The van der Waals surface area contributed by atoms with Gasteiger partial charge in [0.1, 0.15) is 0 Å². The van der Waals surface area contributed by atoms with Crippen molar-refractivity contribution in [2.75, 3.05) is 19.8 Å². The van der Waals surface area contributed by atoms with Crippen molar-refractivity contribution in [2.24, 2.45) is 0 Å². The van der Waals surface area contributed by atoms with Crippen LogP contribution in [-0.2, 0) is 4.74 Å². The molecule has 2 rings (SSSR count). The first-order chi connectivity index (χ1) is 8.31. The molecule has 0 radical (unpaired) electrons. The number of hydrogen-bond donors (Lipinski definition) is 1. The largest absolute Gasteiger partial charge is 0.380 e. The predicted octanol–water partition coefficient (Wildman–Crippen LogP) is 3.21. The highest BCUT2D eigenvalue weighted by Gasteiger charge is 2.30. The van der Waals surface area contributed by atoms with E-state index in [0.29, 0.717) is 12.0 Å². The fourth-order valence-electron chi connectivity index (χ4n) is 2.32. The van der Waals surface area contributed by atoms with Crippen LogP contribution in [-0.4, -0.2) is 25.8 Å².